The molecule has 0 aliphatic heterocycles. The fraction of sp³-hybridized carbons (Fsp3) is 0.167. The maximum Gasteiger partial charge on any atom is 0.306 e. The van der Waals surface area contributed by atoms with Gasteiger partial charge in [-0.3, -0.25) is 4.79 Å². The molecule has 0 spiro atoms. The molecule has 0 heterocycles. The van der Waals surface area contributed by atoms with Crippen molar-refractivity contribution < 1.29 is 18.3 Å². The van der Waals surface area contributed by atoms with E-state index in [1.807, 2.05) is 22.6 Å². The van der Waals surface area contributed by atoms with Crippen molar-refractivity contribution in [2.24, 2.45) is 0 Å². The van der Waals surface area contributed by atoms with Gasteiger partial charge in [0.2, 0.25) is 0 Å². The lowest BCUT2D eigenvalue weighted by molar-refractivity contribution is -0.140. The van der Waals surface area contributed by atoms with Crippen molar-refractivity contribution in [3.05, 3.63) is 57.2 Å². The summed E-state index contributed by atoms with van der Waals surface area (Å²) in [5.74, 6) is 4.50. The zero-order valence-corrected chi connectivity index (χ0v) is 15.6. The van der Waals surface area contributed by atoms with Gasteiger partial charge in [-0.25, -0.2) is 8.78 Å². The van der Waals surface area contributed by atoms with Crippen LogP contribution in [0.3, 0.4) is 0 Å². The first kappa shape index (κ1) is 20.7. The average molecular weight is 458 g/mol. The number of esters is 1. The number of benzene rings is 2. The molecule has 4 nitrogen and oxygen atoms in total. The molecule has 0 unspecified atom stereocenters. The monoisotopic (exact) mass is 458 g/mol. The second-order valence-corrected chi connectivity index (χ2v) is 5.94. The first-order valence-electron chi connectivity index (χ1n) is 7.14. The Labute approximate surface area is 158 Å². The SMILES string of the molecule is COC(=O)CCC#Cc1cc(F)ccc1N.Nc1ccc(F)cc1I. The lowest BCUT2D eigenvalue weighted by atomic mass is 10.1. The summed E-state index contributed by atoms with van der Waals surface area (Å²) in [5, 5.41) is 0. The van der Waals surface area contributed by atoms with Gasteiger partial charge in [0.1, 0.15) is 11.6 Å². The number of hydrogen-bond acceptors (Lipinski definition) is 4. The number of nitrogen functional groups attached to an aromatic ring is 2. The highest BCUT2D eigenvalue weighted by Crippen LogP contribution is 2.14. The second kappa shape index (κ2) is 10.5. The maximum absolute atomic E-state index is 12.8. The maximum atomic E-state index is 12.8. The number of methoxy groups -OCH3 is 1. The van der Waals surface area contributed by atoms with Crippen molar-refractivity contribution in [1.29, 1.82) is 0 Å². The Hall–Kier alpha value is -2.34. The standard InChI is InChI=1S/C12H12FNO2.C6H5FIN/c1-16-12(15)5-3-2-4-9-8-10(13)6-7-11(9)14;7-4-1-2-6(9)5(8)3-4/h6-8H,3,5,14H2,1H3;1-3H,9H2. The van der Waals surface area contributed by atoms with Gasteiger partial charge in [0.05, 0.1) is 19.1 Å². The summed E-state index contributed by atoms with van der Waals surface area (Å²) in [6, 6.07) is 8.29. The highest BCUT2D eigenvalue weighted by molar-refractivity contribution is 14.1. The molecule has 2 aromatic carbocycles. The van der Waals surface area contributed by atoms with Crippen LogP contribution in [0.15, 0.2) is 36.4 Å². The highest BCUT2D eigenvalue weighted by atomic mass is 127. The quantitative estimate of drug-likeness (QED) is 0.311. The van der Waals surface area contributed by atoms with Crippen LogP contribution in [-0.4, -0.2) is 13.1 Å². The van der Waals surface area contributed by atoms with Crippen molar-refractivity contribution in [2.75, 3.05) is 18.6 Å². The molecule has 0 radical (unpaired) electrons. The van der Waals surface area contributed by atoms with E-state index in [0.29, 0.717) is 23.4 Å². The van der Waals surface area contributed by atoms with E-state index < -0.39 is 0 Å². The van der Waals surface area contributed by atoms with Crippen LogP contribution < -0.4 is 11.5 Å². The van der Waals surface area contributed by atoms with Crippen molar-refractivity contribution in [2.45, 2.75) is 12.8 Å². The Morgan fingerprint density at radius 1 is 1.12 bits per heavy atom. The largest absolute Gasteiger partial charge is 0.469 e. The molecule has 0 saturated heterocycles. The van der Waals surface area contributed by atoms with Crippen molar-refractivity contribution in [3.8, 4) is 11.8 Å². The Balaban J connectivity index is 0.000000293. The summed E-state index contributed by atoms with van der Waals surface area (Å²) in [7, 11) is 1.32. The van der Waals surface area contributed by atoms with E-state index in [0.717, 1.165) is 3.57 Å². The van der Waals surface area contributed by atoms with E-state index >= 15 is 0 Å². The van der Waals surface area contributed by atoms with Gasteiger partial charge in [0.25, 0.3) is 0 Å². The Morgan fingerprint density at radius 3 is 2.28 bits per heavy atom. The van der Waals surface area contributed by atoms with E-state index in [-0.39, 0.29) is 24.0 Å². The van der Waals surface area contributed by atoms with Crippen LogP contribution >= 0.6 is 22.6 Å². The van der Waals surface area contributed by atoms with Crippen LogP contribution in [0.2, 0.25) is 0 Å². The third kappa shape index (κ3) is 7.85. The summed E-state index contributed by atoms with van der Waals surface area (Å²) in [6.45, 7) is 0. The first-order chi connectivity index (χ1) is 11.8. The van der Waals surface area contributed by atoms with Crippen molar-refractivity contribution in [1.82, 2.24) is 0 Å². The number of carbonyl (C=O) groups is 1. The first-order valence-corrected chi connectivity index (χ1v) is 8.22. The van der Waals surface area contributed by atoms with Crippen LogP contribution in [-0.2, 0) is 9.53 Å². The molecule has 25 heavy (non-hydrogen) atoms. The zero-order chi connectivity index (χ0) is 18.8. The molecule has 0 saturated carbocycles. The molecule has 7 heteroatoms. The molecule has 0 aromatic heterocycles. The van der Waals surface area contributed by atoms with Crippen LogP contribution in [0, 0.1) is 27.0 Å². The summed E-state index contributed by atoms with van der Waals surface area (Å²) in [6.07, 6.45) is 0.585. The normalized spacial score (nSPS) is 9.28. The van der Waals surface area contributed by atoms with Crippen molar-refractivity contribution in [3.63, 3.8) is 0 Å². The fourth-order valence-corrected chi connectivity index (χ4v) is 2.04. The van der Waals surface area contributed by atoms with Gasteiger partial charge in [-0.2, -0.15) is 0 Å². The molecule has 0 atom stereocenters. The highest BCUT2D eigenvalue weighted by Gasteiger charge is 1.98. The van der Waals surface area contributed by atoms with Gasteiger partial charge >= 0.3 is 5.97 Å². The summed E-state index contributed by atoms with van der Waals surface area (Å²) in [5.41, 5.74) is 12.5. The third-order valence-electron chi connectivity index (χ3n) is 2.88. The molecule has 132 valence electrons. The smallest absolute Gasteiger partial charge is 0.306 e. The average Bonchev–Trinajstić information content (AvgIpc) is 2.58. The number of hydrogen-bond donors (Lipinski definition) is 2. The molecule has 0 fully saturated rings. The van der Waals surface area contributed by atoms with E-state index in [2.05, 4.69) is 16.6 Å². The number of halogens is 3. The van der Waals surface area contributed by atoms with Crippen LogP contribution in [0.1, 0.15) is 18.4 Å². The number of ether oxygens (including phenoxy) is 1. The van der Waals surface area contributed by atoms with Gasteiger partial charge in [0.15, 0.2) is 0 Å². The van der Waals surface area contributed by atoms with Gasteiger partial charge in [-0.15, -0.1) is 0 Å². The molecule has 0 bridgehead atoms. The molecule has 2 rings (SSSR count). The van der Waals surface area contributed by atoms with Crippen molar-refractivity contribution >= 4 is 39.9 Å². The lowest BCUT2D eigenvalue weighted by Gasteiger charge is -1.97. The van der Waals surface area contributed by atoms with Gasteiger partial charge in [-0.05, 0) is 59.0 Å². The van der Waals surface area contributed by atoms with Crippen LogP contribution in [0.4, 0.5) is 20.2 Å². The van der Waals surface area contributed by atoms with Crippen LogP contribution in [0.25, 0.3) is 0 Å². The number of nitrogens with two attached hydrogens (primary N) is 2. The second-order valence-electron chi connectivity index (χ2n) is 4.78. The molecule has 4 N–H and O–H groups in total. The van der Waals surface area contributed by atoms with E-state index in [9.17, 15) is 13.6 Å². The van der Waals surface area contributed by atoms with Gasteiger partial charge in [-0.1, -0.05) is 11.8 Å². The minimum absolute atomic E-state index is 0.221. The van der Waals surface area contributed by atoms with E-state index in [1.165, 1.54) is 37.4 Å². The zero-order valence-electron chi connectivity index (χ0n) is 13.5. The number of anilines is 2. The number of carbonyl (C=O) groups excluding carboxylic acids is 1. The molecule has 0 aliphatic rings. The van der Waals surface area contributed by atoms with E-state index in [1.54, 1.807) is 6.07 Å². The molecular weight excluding hydrogens is 441 g/mol. The Morgan fingerprint density at radius 2 is 1.72 bits per heavy atom. The topological polar surface area (TPSA) is 78.3 Å². The minimum atomic E-state index is -0.383. The molecule has 0 aliphatic carbocycles. The van der Waals surface area contributed by atoms with E-state index in [4.69, 9.17) is 11.5 Å². The Kier molecular flexibility index (Phi) is 8.70. The summed E-state index contributed by atoms with van der Waals surface area (Å²) >= 11 is 1.98. The molecular formula is C18H17F2IN2O2. The summed E-state index contributed by atoms with van der Waals surface area (Å²) < 4.78 is 30.3. The third-order valence-corrected chi connectivity index (χ3v) is 3.82. The Bertz CT molecular complexity index is 801. The predicted octanol–water partition coefficient (Wildman–Crippen LogP) is 3.73. The van der Waals surface area contributed by atoms with Gasteiger partial charge in [0, 0.05) is 21.4 Å². The van der Waals surface area contributed by atoms with Gasteiger partial charge < -0.3 is 16.2 Å². The van der Waals surface area contributed by atoms with Crippen LogP contribution in [0.5, 0.6) is 0 Å². The number of rotatable bonds is 2. The lowest BCUT2D eigenvalue weighted by Crippen LogP contribution is -1.98. The molecule has 2 aromatic rings. The summed E-state index contributed by atoms with van der Waals surface area (Å²) in [4.78, 5) is 10.8. The fourth-order valence-electron chi connectivity index (χ4n) is 1.56. The molecule has 0 amide bonds. The predicted molar refractivity (Wildman–Crippen MR) is 102 cm³/mol. The minimum Gasteiger partial charge on any atom is -0.469 e.